The van der Waals surface area contributed by atoms with Crippen LogP contribution in [-0.4, -0.2) is 94.9 Å². The smallest absolute Gasteiger partial charge is 0.157 e. The van der Waals surface area contributed by atoms with Crippen molar-refractivity contribution in [2.45, 2.75) is 54.9 Å². The Morgan fingerprint density at radius 1 is 0.365 bits per heavy atom. The van der Waals surface area contributed by atoms with Gasteiger partial charge < -0.3 is 90.8 Å². The Balaban J connectivity index is 1.31. The molecule has 3 aliphatic heterocycles. The summed E-state index contributed by atoms with van der Waals surface area (Å²) in [7, 11) is 0. The maximum Gasteiger partial charge on any atom is 0.157 e. The van der Waals surface area contributed by atoms with Crippen LogP contribution in [0, 0.1) is 0 Å². The lowest BCUT2D eigenvalue weighted by atomic mass is 9.73. The fourth-order valence-electron chi connectivity index (χ4n) is 8.94. The number of phenolic OH excluding ortho intramolecular Hbond substituents is 12. The van der Waals surface area contributed by atoms with Crippen LogP contribution in [0.3, 0.4) is 0 Å². The first kappa shape index (κ1) is 40.6. The largest absolute Gasteiger partial charge is 0.508 e. The molecule has 3 aliphatic rings. The van der Waals surface area contributed by atoms with Crippen LogP contribution in [-0.2, 0) is 6.42 Å². The fraction of sp³-hybridized carbons (Fsp3) is 0.200. The van der Waals surface area contributed by atoms with E-state index in [9.17, 15) is 76.6 Å². The van der Waals surface area contributed by atoms with Gasteiger partial charge in [0, 0.05) is 58.5 Å². The molecule has 15 N–H and O–H groups in total. The minimum absolute atomic E-state index is 0.0127. The molecule has 0 spiro atoms. The molecule has 0 aromatic heterocycles. The Kier molecular flexibility index (Phi) is 9.46. The van der Waals surface area contributed by atoms with E-state index < -0.39 is 123 Å². The van der Waals surface area contributed by atoms with Gasteiger partial charge in [0.05, 0.1) is 17.9 Å². The lowest BCUT2D eigenvalue weighted by molar-refractivity contribution is -0.00562. The first-order valence-corrected chi connectivity index (χ1v) is 19.3. The van der Waals surface area contributed by atoms with E-state index >= 15 is 0 Å². The molecule has 0 fully saturated rings. The number of aliphatic hydroxyl groups is 3. The summed E-state index contributed by atoms with van der Waals surface area (Å²) in [5.41, 5.74) is -1.10. The summed E-state index contributed by atoms with van der Waals surface area (Å²) in [5, 5.41) is 166. The first-order chi connectivity index (χ1) is 29.9. The van der Waals surface area contributed by atoms with E-state index in [1.165, 1.54) is 18.2 Å². The zero-order valence-corrected chi connectivity index (χ0v) is 32.3. The molecule has 326 valence electrons. The summed E-state index contributed by atoms with van der Waals surface area (Å²) < 4.78 is 18.9. The van der Waals surface area contributed by atoms with Crippen molar-refractivity contribution in [2.24, 2.45) is 0 Å². The number of rotatable bonds is 5. The van der Waals surface area contributed by atoms with Gasteiger partial charge in [0.2, 0.25) is 0 Å². The number of aromatic hydroxyl groups is 12. The molecule has 0 saturated carbocycles. The molecule has 0 radical (unpaired) electrons. The van der Waals surface area contributed by atoms with Gasteiger partial charge in [-0.3, -0.25) is 0 Å². The Bertz CT molecular complexity index is 2840. The van der Waals surface area contributed by atoms with Crippen molar-refractivity contribution in [1.29, 1.82) is 0 Å². The average molecular weight is 867 g/mol. The van der Waals surface area contributed by atoms with Crippen LogP contribution in [0.15, 0.2) is 78.9 Å². The molecule has 2 unspecified atom stereocenters. The zero-order chi connectivity index (χ0) is 44.9. The van der Waals surface area contributed by atoms with Crippen LogP contribution < -0.4 is 14.2 Å². The number of fused-ring (bicyclic) bond motifs is 3. The third-order valence-corrected chi connectivity index (χ3v) is 11.8. The molecular formula is C45H38O18. The molecule has 0 bridgehead atoms. The van der Waals surface area contributed by atoms with Gasteiger partial charge >= 0.3 is 0 Å². The maximum atomic E-state index is 12.5. The summed E-state index contributed by atoms with van der Waals surface area (Å²) >= 11 is 0. The van der Waals surface area contributed by atoms with Gasteiger partial charge in [-0.15, -0.1) is 0 Å². The SMILES string of the molecule is Oc1cc(O)c2c(c1)OC(c1ccc(O)c(O)c1)[C@H](O)[C@H]2c1c(O)cc(O)c2c1O[C@H](c1ccc(O)c(O)c1)[C@H](O)[C@H]2c1c(O)cc(O)c2c1OC(c1ccc(O)c(O)c1)[C@H](O)C2. The minimum Gasteiger partial charge on any atom is -0.508 e. The highest BCUT2D eigenvalue weighted by Crippen LogP contribution is 2.62. The standard InChI is InChI=1S/C45H38O18/c46-18-10-27(54)33-32(11-18)61-42(16-2-5-21(48)25(52)8-16)39(59)37(33)35-29(56)14-30(57)36-38(40(60)43(63-45(35)36)17-3-6-22(49)26(53)9-17)34-28(55)13-23(50)19-12-31(58)41(62-44(19)34)15-1-4-20(47)24(51)7-15/h1-11,13-14,31,37-43,46-60H,12H2/t31-,37-,38+,39-,40-,41?,42?,43-/m1/s1. The Morgan fingerprint density at radius 3 is 1.29 bits per heavy atom. The van der Waals surface area contributed by atoms with Gasteiger partial charge in [0.15, 0.2) is 46.7 Å². The second-order valence-electron chi connectivity index (χ2n) is 15.7. The number of aliphatic hydroxyl groups excluding tert-OH is 3. The van der Waals surface area contributed by atoms with Crippen LogP contribution in [0.1, 0.15) is 74.7 Å². The van der Waals surface area contributed by atoms with Crippen molar-refractivity contribution in [3.63, 3.8) is 0 Å². The van der Waals surface area contributed by atoms with Crippen molar-refractivity contribution >= 4 is 0 Å². The summed E-state index contributed by atoms with van der Waals surface area (Å²) in [6.45, 7) is 0. The molecule has 0 saturated heterocycles. The quantitative estimate of drug-likeness (QED) is 0.106. The molecule has 0 amide bonds. The number of phenols is 12. The Labute approximate surface area is 354 Å². The van der Waals surface area contributed by atoms with Gasteiger partial charge in [-0.05, 0) is 53.1 Å². The number of benzene rings is 6. The highest BCUT2D eigenvalue weighted by atomic mass is 16.5. The number of ether oxygens (including phenoxy) is 3. The van der Waals surface area contributed by atoms with Crippen LogP contribution in [0.5, 0.6) is 86.2 Å². The third-order valence-electron chi connectivity index (χ3n) is 11.8. The van der Waals surface area contributed by atoms with E-state index in [1.807, 2.05) is 0 Å². The van der Waals surface area contributed by atoms with Gasteiger partial charge in [-0.1, -0.05) is 18.2 Å². The van der Waals surface area contributed by atoms with Gasteiger partial charge in [0.25, 0.3) is 0 Å². The van der Waals surface area contributed by atoms with E-state index in [0.29, 0.717) is 0 Å². The zero-order valence-electron chi connectivity index (χ0n) is 32.3. The average Bonchev–Trinajstić information content (AvgIpc) is 3.22. The molecule has 3 heterocycles. The van der Waals surface area contributed by atoms with Crippen molar-refractivity contribution in [1.82, 2.24) is 0 Å². The molecule has 8 atom stereocenters. The van der Waals surface area contributed by atoms with E-state index in [-0.39, 0.29) is 62.4 Å². The summed E-state index contributed by atoms with van der Waals surface area (Å²) in [6.07, 6.45) is -9.93. The normalized spacial score (nSPS) is 23.6. The topological polar surface area (TPSA) is 331 Å². The van der Waals surface area contributed by atoms with Crippen LogP contribution in [0.4, 0.5) is 0 Å². The summed E-state index contributed by atoms with van der Waals surface area (Å²) in [6, 6.07) is 14.4. The molecule has 6 aromatic carbocycles. The van der Waals surface area contributed by atoms with E-state index in [1.54, 1.807) is 0 Å². The van der Waals surface area contributed by atoms with Crippen LogP contribution in [0.25, 0.3) is 0 Å². The molecule has 0 aliphatic carbocycles. The minimum atomic E-state index is -1.90. The molecule has 63 heavy (non-hydrogen) atoms. The summed E-state index contributed by atoms with van der Waals surface area (Å²) in [4.78, 5) is 0. The van der Waals surface area contributed by atoms with Crippen molar-refractivity contribution in [3.05, 3.63) is 123 Å². The fourth-order valence-corrected chi connectivity index (χ4v) is 8.94. The second-order valence-corrected chi connectivity index (χ2v) is 15.7. The van der Waals surface area contributed by atoms with E-state index in [0.717, 1.165) is 60.7 Å². The summed E-state index contributed by atoms with van der Waals surface area (Å²) in [5.74, 6) is -11.5. The van der Waals surface area contributed by atoms with Crippen molar-refractivity contribution in [2.75, 3.05) is 0 Å². The van der Waals surface area contributed by atoms with Crippen LogP contribution >= 0.6 is 0 Å². The molecule has 9 rings (SSSR count). The molecule has 18 nitrogen and oxygen atoms in total. The predicted molar refractivity (Wildman–Crippen MR) is 214 cm³/mol. The lowest BCUT2D eigenvalue weighted by Gasteiger charge is -2.43. The highest BCUT2D eigenvalue weighted by Gasteiger charge is 2.51. The second kappa shape index (κ2) is 14.7. The van der Waals surface area contributed by atoms with Gasteiger partial charge in [-0.25, -0.2) is 0 Å². The predicted octanol–water partition coefficient (Wildman–Crippen LogP) is 4.44. The van der Waals surface area contributed by atoms with E-state index in [4.69, 9.17) is 14.2 Å². The lowest BCUT2D eigenvalue weighted by Crippen LogP contribution is -2.39. The highest BCUT2D eigenvalue weighted by molar-refractivity contribution is 5.70. The van der Waals surface area contributed by atoms with Gasteiger partial charge in [0.1, 0.15) is 70.1 Å². The van der Waals surface area contributed by atoms with Gasteiger partial charge in [-0.2, -0.15) is 0 Å². The monoisotopic (exact) mass is 866 g/mol. The molecule has 18 heteroatoms. The molecule has 6 aromatic rings. The number of hydrogen-bond donors (Lipinski definition) is 15. The third kappa shape index (κ3) is 6.46. The first-order valence-electron chi connectivity index (χ1n) is 19.3. The maximum absolute atomic E-state index is 12.5. The Morgan fingerprint density at radius 2 is 0.778 bits per heavy atom. The Hall–Kier alpha value is -7.80. The molecular weight excluding hydrogens is 828 g/mol. The number of hydrogen-bond acceptors (Lipinski definition) is 18. The van der Waals surface area contributed by atoms with E-state index in [2.05, 4.69) is 0 Å². The van der Waals surface area contributed by atoms with Crippen molar-refractivity contribution < 1.29 is 90.8 Å². The van der Waals surface area contributed by atoms with Crippen molar-refractivity contribution in [3.8, 4) is 86.2 Å². The van der Waals surface area contributed by atoms with Crippen LogP contribution in [0.2, 0.25) is 0 Å².